The number of amides is 1. The van der Waals surface area contributed by atoms with Crippen molar-refractivity contribution in [3.05, 3.63) is 57.2 Å². The molecule has 3 aromatic rings. The van der Waals surface area contributed by atoms with Gasteiger partial charge in [0.05, 0.1) is 27.5 Å². The topological polar surface area (TPSA) is 49.3 Å². The number of piperazine rings is 1. The van der Waals surface area contributed by atoms with Crippen molar-refractivity contribution in [3.8, 4) is 0 Å². The predicted molar refractivity (Wildman–Crippen MR) is 109 cm³/mol. The van der Waals surface area contributed by atoms with Crippen molar-refractivity contribution in [2.24, 2.45) is 0 Å². The monoisotopic (exact) mass is 380 g/mol. The van der Waals surface area contributed by atoms with Gasteiger partial charge in [0.15, 0.2) is 0 Å². The molecule has 0 bridgehead atoms. The van der Waals surface area contributed by atoms with Gasteiger partial charge in [0, 0.05) is 43.5 Å². The summed E-state index contributed by atoms with van der Waals surface area (Å²) in [6.45, 7) is 10.1. The SMILES string of the molecule is Cc1ccc2nc(C)c(C(=O)N3CCN(Cc4csc(C)n4)CC3)cc2c1. The summed E-state index contributed by atoms with van der Waals surface area (Å²) in [6, 6.07) is 8.16. The number of pyridine rings is 1. The molecular formula is C21H24N4OS. The van der Waals surface area contributed by atoms with Gasteiger partial charge < -0.3 is 4.90 Å². The first-order valence-corrected chi connectivity index (χ1v) is 10.2. The fourth-order valence-electron chi connectivity index (χ4n) is 3.60. The van der Waals surface area contributed by atoms with Gasteiger partial charge >= 0.3 is 0 Å². The molecule has 4 rings (SSSR count). The summed E-state index contributed by atoms with van der Waals surface area (Å²) in [5, 5.41) is 4.26. The molecule has 0 saturated carbocycles. The third-order valence-corrected chi connectivity index (χ3v) is 5.93. The molecule has 0 unspecified atom stereocenters. The zero-order valence-corrected chi connectivity index (χ0v) is 16.8. The Morgan fingerprint density at radius 1 is 1.07 bits per heavy atom. The van der Waals surface area contributed by atoms with Gasteiger partial charge in [0.1, 0.15) is 0 Å². The fraction of sp³-hybridized carbons (Fsp3) is 0.381. The Morgan fingerprint density at radius 2 is 1.85 bits per heavy atom. The van der Waals surface area contributed by atoms with Crippen molar-refractivity contribution in [2.45, 2.75) is 27.3 Å². The number of hydrogen-bond donors (Lipinski definition) is 0. The van der Waals surface area contributed by atoms with Crippen molar-refractivity contribution < 1.29 is 4.79 Å². The molecule has 5 nitrogen and oxygen atoms in total. The van der Waals surface area contributed by atoms with Gasteiger partial charge in [-0.3, -0.25) is 14.7 Å². The molecule has 1 aromatic carbocycles. The predicted octanol–water partition coefficient (Wildman–Crippen LogP) is 3.57. The van der Waals surface area contributed by atoms with Crippen molar-refractivity contribution in [2.75, 3.05) is 26.2 Å². The number of aryl methyl sites for hydroxylation is 3. The largest absolute Gasteiger partial charge is 0.336 e. The molecule has 0 radical (unpaired) electrons. The molecule has 1 saturated heterocycles. The molecule has 1 amide bonds. The Hall–Kier alpha value is -2.31. The Labute approximate surface area is 163 Å². The summed E-state index contributed by atoms with van der Waals surface area (Å²) in [5.41, 5.74) is 4.77. The summed E-state index contributed by atoms with van der Waals surface area (Å²) in [5.74, 6) is 0.0903. The highest BCUT2D eigenvalue weighted by Gasteiger charge is 2.24. The molecule has 3 heterocycles. The van der Waals surface area contributed by atoms with Gasteiger partial charge in [-0.1, -0.05) is 11.6 Å². The number of benzene rings is 1. The van der Waals surface area contributed by atoms with E-state index < -0.39 is 0 Å². The summed E-state index contributed by atoms with van der Waals surface area (Å²) in [6.07, 6.45) is 0. The highest BCUT2D eigenvalue weighted by Crippen LogP contribution is 2.20. The van der Waals surface area contributed by atoms with Gasteiger partial charge in [0.2, 0.25) is 0 Å². The molecule has 6 heteroatoms. The zero-order chi connectivity index (χ0) is 19.0. The van der Waals surface area contributed by atoms with Crippen molar-refractivity contribution >= 4 is 28.1 Å². The number of aromatic nitrogens is 2. The highest BCUT2D eigenvalue weighted by atomic mass is 32.1. The zero-order valence-electron chi connectivity index (χ0n) is 16.0. The van der Waals surface area contributed by atoms with Crippen molar-refractivity contribution in [1.82, 2.24) is 19.8 Å². The quantitative estimate of drug-likeness (QED) is 0.697. The molecule has 27 heavy (non-hydrogen) atoms. The maximum absolute atomic E-state index is 13.1. The molecule has 1 aliphatic heterocycles. The lowest BCUT2D eigenvalue weighted by atomic mass is 10.1. The lowest BCUT2D eigenvalue weighted by molar-refractivity contribution is 0.0626. The van der Waals surface area contributed by atoms with Crippen LogP contribution in [0.5, 0.6) is 0 Å². The van der Waals surface area contributed by atoms with Crippen LogP contribution in [0.1, 0.15) is 32.3 Å². The van der Waals surface area contributed by atoms with E-state index in [4.69, 9.17) is 0 Å². The first kappa shape index (κ1) is 18.1. The molecule has 140 valence electrons. The van der Waals surface area contributed by atoms with E-state index in [0.29, 0.717) is 0 Å². The molecule has 0 spiro atoms. The number of fused-ring (bicyclic) bond motifs is 1. The van der Waals surface area contributed by atoms with E-state index in [1.165, 1.54) is 5.56 Å². The van der Waals surface area contributed by atoms with Crippen LogP contribution in [0.2, 0.25) is 0 Å². The van der Waals surface area contributed by atoms with E-state index in [1.807, 2.05) is 30.9 Å². The first-order chi connectivity index (χ1) is 13.0. The highest BCUT2D eigenvalue weighted by molar-refractivity contribution is 7.09. The van der Waals surface area contributed by atoms with Crippen molar-refractivity contribution in [3.63, 3.8) is 0 Å². The minimum absolute atomic E-state index is 0.0903. The van der Waals surface area contributed by atoms with Crippen LogP contribution in [-0.2, 0) is 6.54 Å². The van der Waals surface area contributed by atoms with Crippen molar-refractivity contribution in [1.29, 1.82) is 0 Å². The second-order valence-electron chi connectivity index (χ2n) is 7.24. The lowest BCUT2D eigenvalue weighted by Gasteiger charge is -2.34. The average Bonchev–Trinajstić information content (AvgIpc) is 3.06. The number of rotatable bonds is 3. The van der Waals surface area contributed by atoms with Crippen LogP contribution >= 0.6 is 11.3 Å². The maximum atomic E-state index is 13.1. The van der Waals surface area contributed by atoms with Crippen LogP contribution in [0, 0.1) is 20.8 Å². The van der Waals surface area contributed by atoms with E-state index in [0.717, 1.165) is 65.6 Å². The molecule has 1 aliphatic rings. The first-order valence-electron chi connectivity index (χ1n) is 9.30. The van der Waals surface area contributed by atoms with E-state index in [2.05, 4.69) is 39.3 Å². The summed E-state index contributed by atoms with van der Waals surface area (Å²) < 4.78 is 0. The Balaban J connectivity index is 1.46. The molecular weight excluding hydrogens is 356 g/mol. The fourth-order valence-corrected chi connectivity index (χ4v) is 4.20. The third kappa shape index (κ3) is 3.87. The van der Waals surface area contributed by atoms with Gasteiger partial charge in [-0.2, -0.15) is 0 Å². The summed E-state index contributed by atoms with van der Waals surface area (Å²) in [7, 11) is 0. The van der Waals surface area contributed by atoms with E-state index >= 15 is 0 Å². The Morgan fingerprint density at radius 3 is 2.56 bits per heavy atom. The van der Waals surface area contributed by atoms with Crippen LogP contribution in [0.25, 0.3) is 10.9 Å². The van der Waals surface area contributed by atoms with Crippen LogP contribution in [0.15, 0.2) is 29.6 Å². The number of carbonyl (C=O) groups is 1. The maximum Gasteiger partial charge on any atom is 0.255 e. The normalized spacial score (nSPS) is 15.4. The van der Waals surface area contributed by atoms with Crippen LogP contribution in [0.3, 0.4) is 0 Å². The van der Waals surface area contributed by atoms with E-state index in [1.54, 1.807) is 11.3 Å². The van der Waals surface area contributed by atoms with Gasteiger partial charge in [-0.05, 0) is 39.0 Å². The minimum Gasteiger partial charge on any atom is -0.336 e. The van der Waals surface area contributed by atoms with E-state index in [-0.39, 0.29) is 5.91 Å². The second-order valence-corrected chi connectivity index (χ2v) is 8.31. The van der Waals surface area contributed by atoms with Crippen LogP contribution in [-0.4, -0.2) is 51.9 Å². The molecule has 0 atom stereocenters. The second kappa shape index (κ2) is 7.37. The number of hydrogen-bond acceptors (Lipinski definition) is 5. The number of thiazole rings is 1. The summed E-state index contributed by atoms with van der Waals surface area (Å²) in [4.78, 5) is 26.6. The van der Waals surface area contributed by atoms with Gasteiger partial charge in [-0.25, -0.2) is 4.98 Å². The smallest absolute Gasteiger partial charge is 0.255 e. The number of nitrogens with zero attached hydrogens (tertiary/aromatic N) is 4. The summed E-state index contributed by atoms with van der Waals surface area (Å²) >= 11 is 1.69. The van der Waals surface area contributed by atoms with Gasteiger partial charge in [-0.15, -0.1) is 11.3 Å². The molecule has 0 N–H and O–H groups in total. The Bertz CT molecular complexity index is 989. The Kier molecular flexibility index (Phi) is 4.93. The van der Waals surface area contributed by atoms with E-state index in [9.17, 15) is 4.79 Å². The number of carbonyl (C=O) groups excluding carboxylic acids is 1. The average molecular weight is 381 g/mol. The van der Waals surface area contributed by atoms with Crippen LogP contribution < -0.4 is 0 Å². The molecule has 1 fully saturated rings. The molecule has 2 aromatic heterocycles. The standard InChI is InChI=1S/C21H24N4OS/c1-14-4-5-20-17(10-14)11-19(15(2)22-20)21(26)25-8-6-24(7-9-25)12-18-13-27-16(3)23-18/h4-5,10-11,13H,6-9,12H2,1-3H3. The minimum atomic E-state index is 0.0903. The third-order valence-electron chi connectivity index (χ3n) is 5.10. The molecule has 0 aliphatic carbocycles. The van der Waals surface area contributed by atoms with Crippen LogP contribution in [0.4, 0.5) is 0 Å². The van der Waals surface area contributed by atoms with Gasteiger partial charge in [0.25, 0.3) is 5.91 Å². The lowest BCUT2D eigenvalue weighted by Crippen LogP contribution is -2.48.